The van der Waals surface area contributed by atoms with Crippen LogP contribution in [0.2, 0.25) is 0 Å². The summed E-state index contributed by atoms with van der Waals surface area (Å²) in [5, 5.41) is 1.15. The third-order valence-corrected chi connectivity index (χ3v) is 4.38. The Labute approximate surface area is 107 Å². The molecule has 2 nitrogen and oxygen atoms in total. The maximum absolute atomic E-state index is 6.34. The van der Waals surface area contributed by atoms with Gasteiger partial charge in [0.05, 0.1) is 5.52 Å². The van der Waals surface area contributed by atoms with Crippen LogP contribution in [0.5, 0.6) is 0 Å². The Kier molecular flexibility index (Phi) is 2.14. The van der Waals surface area contributed by atoms with Crippen molar-refractivity contribution in [2.75, 3.05) is 5.73 Å². The number of nitrogens with zero attached hydrogens (tertiary/aromatic N) is 1. The largest absolute Gasteiger partial charge is 0.398 e. The molecule has 0 atom stereocenters. The highest BCUT2D eigenvalue weighted by Gasteiger charge is 2.24. The highest BCUT2D eigenvalue weighted by atomic mass is 14.7. The van der Waals surface area contributed by atoms with Crippen LogP contribution in [0, 0.1) is 0 Å². The van der Waals surface area contributed by atoms with Gasteiger partial charge in [0.2, 0.25) is 0 Å². The molecule has 2 aromatic rings. The van der Waals surface area contributed by atoms with Crippen molar-refractivity contribution >= 4 is 16.6 Å². The van der Waals surface area contributed by atoms with Crippen LogP contribution >= 0.6 is 0 Å². The number of nitrogen functional groups attached to an aromatic ring is 1. The highest BCUT2D eigenvalue weighted by Crippen LogP contribution is 2.41. The summed E-state index contributed by atoms with van der Waals surface area (Å²) >= 11 is 0. The van der Waals surface area contributed by atoms with Gasteiger partial charge in [-0.3, -0.25) is 4.98 Å². The molecular formula is C16H18N2. The molecule has 1 heterocycles. The Bertz CT molecular complexity index is 627. The van der Waals surface area contributed by atoms with Gasteiger partial charge in [-0.05, 0) is 61.6 Å². The molecule has 4 rings (SSSR count). The van der Waals surface area contributed by atoms with Gasteiger partial charge in [0, 0.05) is 16.8 Å². The van der Waals surface area contributed by atoms with Crippen LogP contribution < -0.4 is 5.73 Å². The van der Waals surface area contributed by atoms with Crippen molar-refractivity contribution in [1.82, 2.24) is 4.98 Å². The zero-order chi connectivity index (χ0) is 12.1. The zero-order valence-corrected chi connectivity index (χ0v) is 10.6. The molecule has 0 unspecified atom stereocenters. The first kappa shape index (κ1) is 10.4. The Morgan fingerprint density at radius 1 is 1.11 bits per heavy atom. The molecule has 92 valence electrons. The molecule has 0 bridgehead atoms. The first-order valence-corrected chi connectivity index (χ1v) is 7.04. The molecule has 0 amide bonds. The molecular weight excluding hydrogens is 220 g/mol. The van der Waals surface area contributed by atoms with Crippen molar-refractivity contribution in [1.29, 1.82) is 0 Å². The molecule has 1 aromatic carbocycles. The van der Waals surface area contributed by atoms with Crippen LogP contribution in [-0.2, 0) is 12.8 Å². The number of rotatable bonds is 1. The van der Waals surface area contributed by atoms with E-state index in [0.717, 1.165) is 35.3 Å². The van der Waals surface area contributed by atoms with Crippen molar-refractivity contribution in [3.8, 4) is 0 Å². The second kappa shape index (κ2) is 3.71. The molecule has 1 aromatic heterocycles. The summed E-state index contributed by atoms with van der Waals surface area (Å²) in [7, 11) is 0. The van der Waals surface area contributed by atoms with Crippen molar-refractivity contribution < 1.29 is 0 Å². The van der Waals surface area contributed by atoms with Gasteiger partial charge in [0.1, 0.15) is 0 Å². The van der Waals surface area contributed by atoms with Gasteiger partial charge in [-0.15, -0.1) is 0 Å². The average Bonchev–Trinajstić information content (AvgIpc) is 3.23. The Morgan fingerprint density at radius 3 is 2.78 bits per heavy atom. The number of aryl methyl sites for hydroxylation is 1. The van der Waals surface area contributed by atoms with E-state index in [4.69, 9.17) is 10.7 Å². The summed E-state index contributed by atoms with van der Waals surface area (Å²) in [6.07, 6.45) is 7.40. The van der Waals surface area contributed by atoms with E-state index in [9.17, 15) is 0 Å². The number of anilines is 1. The van der Waals surface area contributed by atoms with Gasteiger partial charge in [-0.1, -0.05) is 12.1 Å². The van der Waals surface area contributed by atoms with Crippen LogP contribution in [0.4, 0.5) is 5.69 Å². The fraction of sp³-hybridized carbons (Fsp3) is 0.438. The fourth-order valence-corrected chi connectivity index (χ4v) is 3.15. The molecule has 0 saturated heterocycles. The van der Waals surface area contributed by atoms with Crippen molar-refractivity contribution in [3.05, 3.63) is 35.0 Å². The summed E-state index contributed by atoms with van der Waals surface area (Å²) in [6.45, 7) is 0. The molecule has 1 saturated carbocycles. The lowest BCUT2D eigenvalue weighted by molar-refractivity contribution is 0.673. The third kappa shape index (κ3) is 1.52. The fourth-order valence-electron chi connectivity index (χ4n) is 3.15. The van der Waals surface area contributed by atoms with Gasteiger partial charge in [-0.2, -0.15) is 0 Å². The van der Waals surface area contributed by atoms with Crippen LogP contribution in [0.15, 0.2) is 18.2 Å². The summed E-state index contributed by atoms with van der Waals surface area (Å²) < 4.78 is 0. The summed E-state index contributed by atoms with van der Waals surface area (Å²) in [4.78, 5) is 4.87. The molecule has 2 aliphatic carbocycles. The molecule has 18 heavy (non-hydrogen) atoms. The van der Waals surface area contributed by atoms with Crippen molar-refractivity contribution in [2.45, 2.75) is 44.4 Å². The Hall–Kier alpha value is -1.57. The molecule has 2 heteroatoms. The number of benzene rings is 1. The molecule has 0 aliphatic heterocycles. The van der Waals surface area contributed by atoms with Gasteiger partial charge in [-0.25, -0.2) is 0 Å². The van der Waals surface area contributed by atoms with Gasteiger partial charge in [0.25, 0.3) is 0 Å². The van der Waals surface area contributed by atoms with Crippen LogP contribution in [0.3, 0.4) is 0 Å². The average molecular weight is 238 g/mol. The first-order valence-electron chi connectivity index (χ1n) is 7.04. The predicted molar refractivity (Wildman–Crippen MR) is 74.8 cm³/mol. The van der Waals surface area contributed by atoms with E-state index in [1.165, 1.54) is 42.5 Å². The number of hydrogen-bond donors (Lipinski definition) is 1. The summed E-state index contributed by atoms with van der Waals surface area (Å²) in [5.41, 5.74) is 12.4. The quantitative estimate of drug-likeness (QED) is 0.824. The number of aromatic nitrogens is 1. The van der Waals surface area contributed by atoms with E-state index < -0.39 is 0 Å². The van der Waals surface area contributed by atoms with E-state index in [0.29, 0.717) is 0 Å². The lowest BCUT2D eigenvalue weighted by Crippen LogP contribution is -2.09. The van der Waals surface area contributed by atoms with E-state index in [2.05, 4.69) is 18.2 Å². The summed E-state index contributed by atoms with van der Waals surface area (Å²) in [5.74, 6) is 0.786. The van der Waals surface area contributed by atoms with Gasteiger partial charge >= 0.3 is 0 Å². The monoisotopic (exact) mass is 238 g/mol. The second-order valence-corrected chi connectivity index (χ2v) is 5.71. The highest BCUT2D eigenvalue weighted by molar-refractivity contribution is 5.92. The minimum atomic E-state index is 0.786. The lowest BCUT2D eigenvalue weighted by atomic mass is 9.92. The molecule has 2 N–H and O–H groups in total. The van der Waals surface area contributed by atoms with Gasteiger partial charge < -0.3 is 5.73 Å². The maximum atomic E-state index is 6.34. The van der Waals surface area contributed by atoms with Crippen LogP contribution in [0.25, 0.3) is 10.9 Å². The number of fused-ring (bicyclic) bond motifs is 2. The zero-order valence-electron chi connectivity index (χ0n) is 10.6. The van der Waals surface area contributed by atoms with E-state index in [1.54, 1.807) is 0 Å². The number of pyridine rings is 1. The first-order chi connectivity index (χ1) is 8.83. The molecule has 2 aliphatic rings. The predicted octanol–water partition coefficient (Wildman–Crippen LogP) is 3.57. The minimum Gasteiger partial charge on any atom is -0.398 e. The molecule has 0 radical (unpaired) electrons. The SMILES string of the molecule is Nc1c2c(nc3cc(C4CC4)ccc13)CCCC2. The third-order valence-electron chi connectivity index (χ3n) is 4.38. The van der Waals surface area contributed by atoms with E-state index >= 15 is 0 Å². The standard InChI is InChI=1S/C16H18N2/c17-16-12-3-1-2-4-14(12)18-15-9-11(10-5-6-10)7-8-13(15)16/h7-10H,1-6H2,(H2,17,18). The Morgan fingerprint density at radius 2 is 1.94 bits per heavy atom. The van der Waals surface area contributed by atoms with Crippen molar-refractivity contribution in [2.24, 2.45) is 0 Å². The Balaban J connectivity index is 1.95. The molecule has 1 fully saturated rings. The van der Waals surface area contributed by atoms with E-state index in [1.807, 2.05) is 0 Å². The molecule has 0 spiro atoms. The van der Waals surface area contributed by atoms with Gasteiger partial charge in [0.15, 0.2) is 0 Å². The second-order valence-electron chi connectivity index (χ2n) is 5.71. The van der Waals surface area contributed by atoms with Crippen molar-refractivity contribution in [3.63, 3.8) is 0 Å². The minimum absolute atomic E-state index is 0.786. The van der Waals surface area contributed by atoms with Crippen LogP contribution in [0.1, 0.15) is 48.4 Å². The number of nitrogens with two attached hydrogens (primary N) is 1. The normalized spacial score (nSPS) is 18.9. The summed E-state index contributed by atoms with van der Waals surface area (Å²) in [6, 6.07) is 6.69. The lowest BCUT2D eigenvalue weighted by Gasteiger charge is -2.18. The number of hydrogen-bond acceptors (Lipinski definition) is 2. The maximum Gasteiger partial charge on any atom is 0.0729 e. The van der Waals surface area contributed by atoms with Crippen LogP contribution in [-0.4, -0.2) is 4.98 Å². The topological polar surface area (TPSA) is 38.9 Å². The van der Waals surface area contributed by atoms with E-state index in [-0.39, 0.29) is 0 Å². The smallest absolute Gasteiger partial charge is 0.0729 e.